The lowest BCUT2D eigenvalue weighted by atomic mass is 10.0. The van der Waals surface area contributed by atoms with Crippen LogP contribution in [0, 0.1) is 11.3 Å². The highest BCUT2D eigenvalue weighted by Gasteiger charge is 2.30. The summed E-state index contributed by atoms with van der Waals surface area (Å²) >= 11 is 0. The smallest absolute Gasteiger partial charge is 0.269 e. The molecule has 206 valence electrons. The van der Waals surface area contributed by atoms with Crippen molar-refractivity contribution < 1.29 is 9.59 Å². The van der Waals surface area contributed by atoms with Gasteiger partial charge in [-0.2, -0.15) is 5.26 Å². The number of nitriles is 1. The number of hydrogen-bond donors (Lipinski definition) is 3. The number of benzene rings is 2. The molecule has 1 atom stereocenters. The highest BCUT2D eigenvalue weighted by molar-refractivity contribution is 6.04. The van der Waals surface area contributed by atoms with Crippen molar-refractivity contribution in [3.8, 4) is 28.5 Å². The quantitative estimate of drug-likeness (QED) is 0.286. The SMILES string of the molecule is CC=CN1CCCC[C@H]1c1nc(-c2ccc(C(=O)Nc3cc(-c4ccc(C#N)cc4)ccn3)cc2)c(C(N)=O)n1N. The summed E-state index contributed by atoms with van der Waals surface area (Å²) in [7, 11) is 0. The minimum absolute atomic E-state index is 0.0746. The zero-order chi connectivity index (χ0) is 28.9. The number of imidazole rings is 1. The second-order valence-corrected chi connectivity index (χ2v) is 9.78. The number of nitrogen functional groups attached to an aromatic ring is 1. The van der Waals surface area contributed by atoms with E-state index in [-0.39, 0.29) is 17.6 Å². The molecule has 0 radical (unpaired) electrons. The van der Waals surface area contributed by atoms with Crippen LogP contribution in [0.25, 0.3) is 22.4 Å². The van der Waals surface area contributed by atoms with Gasteiger partial charge in [0.2, 0.25) is 0 Å². The predicted molar refractivity (Wildman–Crippen MR) is 157 cm³/mol. The van der Waals surface area contributed by atoms with E-state index >= 15 is 0 Å². The summed E-state index contributed by atoms with van der Waals surface area (Å²) in [5.74, 6) is 6.32. The number of pyridine rings is 1. The van der Waals surface area contributed by atoms with Gasteiger partial charge in [-0.1, -0.05) is 30.3 Å². The molecule has 10 heteroatoms. The third-order valence-electron chi connectivity index (χ3n) is 7.12. The largest absolute Gasteiger partial charge is 0.368 e. The number of primary amides is 1. The molecule has 3 heterocycles. The van der Waals surface area contributed by atoms with Crippen molar-refractivity contribution >= 4 is 17.6 Å². The van der Waals surface area contributed by atoms with E-state index in [1.807, 2.05) is 37.4 Å². The Bertz CT molecular complexity index is 1650. The first kappa shape index (κ1) is 27.1. The summed E-state index contributed by atoms with van der Waals surface area (Å²) in [6.45, 7) is 2.83. The van der Waals surface area contributed by atoms with E-state index in [1.165, 1.54) is 4.68 Å². The first-order chi connectivity index (χ1) is 19.9. The molecule has 2 amide bonds. The van der Waals surface area contributed by atoms with Crippen molar-refractivity contribution in [2.75, 3.05) is 17.7 Å². The highest BCUT2D eigenvalue weighted by Crippen LogP contribution is 2.33. The van der Waals surface area contributed by atoms with Gasteiger partial charge in [-0.3, -0.25) is 9.59 Å². The Hall–Kier alpha value is -5.43. The van der Waals surface area contributed by atoms with Gasteiger partial charge in [-0.05, 0) is 79.9 Å². The summed E-state index contributed by atoms with van der Waals surface area (Å²) in [6, 6.07) is 19.5. The molecule has 5 rings (SSSR count). The van der Waals surface area contributed by atoms with Gasteiger partial charge in [-0.15, -0.1) is 0 Å². The van der Waals surface area contributed by atoms with Crippen molar-refractivity contribution in [3.63, 3.8) is 0 Å². The number of aromatic nitrogens is 3. The van der Waals surface area contributed by atoms with Crippen molar-refractivity contribution in [1.82, 2.24) is 19.5 Å². The summed E-state index contributed by atoms with van der Waals surface area (Å²) in [4.78, 5) is 36.7. The van der Waals surface area contributed by atoms with Gasteiger partial charge in [-0.25, -0.2) is 14.6 Å². The summed E-state index contributed by atoms with van der Waals surface area (Å²) < 4.78 is 1.30. The van der Waals surface area contributed by atoms with Gasteiger partial charge >= 0.3 is 0 Å². The molecule has 2 aromatic heterocycles. The second kappa shape index (κ2) is 11.8. The maximum Gasteiger partial charge on any atom is 0.269 e. The minimum atomic E-state index is -0.676. The molecule has 2 aromatic carbocycles. The van der Waals surface area contributed by atoms with Crippen LogP contribution in [0.3, 0.4) is 0 Å². The van der Waals surface area contributed by atoms with Crippen LogP contribution in [0.15, 0.2) is 79.1 Å². The number of carbonyl (C=O) groups excluding carboxylic acids is 2. The zero-order valence-corrected chi connectivity index (χ0v) is 22.6. The molecule has 5 N–H and O–H groups in total. The lowest BCUT2D eigenvalue weighted by Crippen LogP contribution is -2.33. The fourth-order valence-corrected chi connectivity index (χ4v) is 5.11. The van der Waals surface area contributed by atoms with Crippen LogP contribution < -0.4 is 16.9 Å². The fourth-order valence-electron chi connectivity index (χ4n) is 5.11. The number of nitrogens with one attached hydrogen (secondary N) is 1. The number of amides is 2. The molecule has 1 saturated heterocycles. The highest BCUT2D eigenvalue weighted by atomic mass is 16.2. The zero-order valence-electron chi connectivity index (χ0n) is 22.6. The van der Waals surface area contributed by atoms with Gasteiger partial charge in [0.1, 0.15) is 11.5 Å². The standard InChI is InChI=1S/C31H30N8O2/c1-2-16-38-17-4-3-5-25(38)30-37-27(28(29(33)40)39(30)34)22-10-12-23(13-11-22)31(41)36-26-18-24(14-15-35-26)21-8-6-20(19-32)7-9-21/h2,6-16,18,25H,3-5,17,34H2,1H3,(H2,33,40)(H,35,36,41)/t25-/m0/s1. The van der Waals surface area contributed by atoms with Gasteiger partial charge in [0.15, 0.2) is 11.5 Å². The van der Waals surface area contributed by atoms with E-state index in [9.17, 15) is 9.59 Å². The number of nitrogens with zero attached hydrogens (tertiary/aromatic N) is 5. The number of carbonyl (C=O) groups is 2. The normalized spacial score (nSPS) is 15.0. The first-order valence-corrected chi connectivity index (χ1v) is 13.3. The van der Waals surface area contributed by atoms with E-state index in [1.54, 1.807) is 48.7 Å². The van der Waals surface area contributed by atoms with Crippen LogP contribution in [-0.4, -0.2) is 37.9 Å². The fraction of sp³-hybridized carbons (Fsp3) is 0.194. The van der Waals surface area contributed by atoms with E-state index in [0.29, 0.717) is 34.0 Å². The Balaban J connectivity index is 1.37. The molecule has 0 bridgehead atoms. The number of anilines is 1. The summed E-state index contributed by atoms with van der Waals surface area (Å²) in [5, 5.41) is 11.8. The number of likely N-dealkylation sites (tertiary alicyclic amines) is 1. The van der Waals surface area contributed by atoms with Crippen molar-refractivity contribution in [2.24, 2.45) is 5.73 Å². The van der Waals surface area contributed by atoms with Crippen LogP contribution in [0.4, 0.5) is 5.82 Å². The van der Waals surface area contributed by atoms with Crippen LogP contribution in [0.2, 0.25) is 0 Å². The molecule has 41 heavy (non-hydrogen) atoms. The number of rotatable bonds is 7. The molecule has 0 spiro atoms. The van der Waals surface area contributed by atoms with Crippen LogP contribution in [0.5, 0.6) is 0 Å². The number of hydrogen-bond acceptors (Lipinski definition) is 7. The predicted octanol–water partition coefficient (Wildman–Crippen LogP) is 4.61. The van der Waals surface area contributed by atoms with Gasteiger partial charge in [0.05, 0.1) is 17.7 Å². The van der Waals surface area contributed by atoms with E-state index in [2.05, 4.69) is 21.3 Å². The Labute approximate surface area is 237 Å². The minimum Gasteiger partial charge on any atom is -0.368 e. The second-order valence-electron chi connectivity index (χ2n) is 9.78. The molecular formula is C31H30N8O2. The molecule has 1 aliphatic heterocycles. The molecule has 1 aliphatic rings. The van der Waals surface area contributed by atoms with Crippen molar-refractivity contribution in [3.05, 3.63) is 102 Å². The number of nitrogens with two attached hydrogens (primary N) is 2. The third-order valence-corrected chi connectivity index (χ3v) is 7.12. The van der Waals surface area contributed by atoms with Crippen LogP contribution >= 0.6 is 0 Å². The average molecular weight is 547 g/mol. The van der Waals surface area contributed by atoms with Gasteiger partial charge in [0, 0.05) is 23.9 Å². The molecule has 0 aliphatic carbocycles. The molecular weight excluding hydrogens is 516 g/mol. The topological polar surface area (TPSA) is 156 Å². The lowest BCUT2D eigenvalue weighted by molar-refractivity contribution is 0.0990. The Kier molecular flexibility index (Phi) is 7.78. The summed E-state index contributed by atoms with van der Waals surface area (Å²) in [6.07, 6.45) is 8.56. The third kappa shape index (κ3) is 5.65. The number of allylic oxidation sites excluding steroid dienone is 1. The molecule has 4 aromatic rings. The van der Waals surface area contributed by atoms with Crippen molar-refractivity contribution in [2.45, 2.75) is 32.2 Å². The molecule has 10 nitrogen and oxygen atoms in total. The van der Waals surface area contributed by atoms with Gasteiger partial charge < -0.3 is 21.8 Å². The molecule has 0 saturated carbocycles. The molecule has 0 unspecified atom stereocenters. The monoisotopic (exact) mass is 546 g/mol. The van der Waals surface area contributed by atoms with E-state index in [4.69, 9.17) is 21.8 Å². The van der Waals surface area contributed by atoms with Crippen molar-refractivity contribution in [1.29, 1.82) is 5.26 Å². The van der Waals surface area contributed by atoms with Crippen LogP contribution in [-0.2, 0) is 0 Å². The Morgan fingerprint density at radius 1 is 1.05 bits per heavy atom. The van der Waals surface area contributed by atoms with E-state index in [0.717, 1.165) is 36.9 Å². The average Bonchev–Trinajstić information content (AvgIpc) is 3.35. The van der Waals surface area contributed by atoms with Crippen LogP contribution in [0.1, 0.15) is 64.5 Å². The summed E-state index contributed by atoms with van der Waals surface area (Å²) in [5.41, 5.74) is 9.57. The Morgan fingerprint density at radius 2 is 1.78 bits per heavy atom. The molecule has 1 fully saturated rings. The number of piperidine rings is 1. The van der Waals surface area contributed by atoms with E-state index < -0.39 is 5.91 Å². The maximum atomic E-state index is 13.0. The first-order valence-electron chi connectivity index (χ1n) is 13.3. The lowest BCUT2D eigenvalue weighted by Gasteiger charge is -2.34. The van der Waals surface area contributed by atoms with Gasteiger partial charge in [0.25, 0.3) is 11.8 Å². The Morgan fingerprint density at radius 3 is 2.46 bits per heavy atom. The maximum absolute atomic E-state index is 13.0.